The number of aryl methyl sites for hydroxylation is 1. The van der Waals surface area contributed by atoms with Crippen LogP contribution in [-0.4, -0.2) is 38.3 Å². The summed E-state index contributed by atoms with van der Waals surface area (Å²) in [7, 11) is 0. The van der Waals surface area contributed by atoms with Crippen molar-refractivity contribution >= 4 is 34.1 Å². The summed E-state index contributed by atoms with van der Waals surface area (Å²) >= 11 is 0. The highest BCUT2D eigenvalue weighted by Crippen LogP contribution is 2.44. The van der Waals surface area contributed by atoms with Crippen molar-refractivity contribution in [1.29, 1.82) is 0 Å². The second-order valence-electron chi connectivity index (χ2n) is 9.49. The predicted molar refractivity (Wildman–Crippen MR) is 150 cm³/mol. The van der Waals surface area contributed by atoms with Gasteiger partial charge in [0.25, 0.3) is 17.1 Å². The summed E-state index contributed by atoms with van der Waals surface area (Å²) in [6, 6.07) is 1.64. The van der Waals surface area contributed by atoms with Crippen LogP contribution in [-0.2, 0) is 6.18 Å². The van der Waals surface area contributed by atoms with Crippen molar-refractivity contribution in [2.75, 3.05) is 16.8 Å². The standard InChI is InChI=1S/C13H19N3O4.C12H14F3N3O4/c1-5-10(6-2)14-12-11(15(17)18)7-8(3)9(4)13(12)16(19)20;1-4-16(7(2)3)11-9(17(19)20)5-8(12(13,14)15)6-10(11)18(21)22/h7,10,14H,5-6H2,1-4H3;5-7H,4H2,1-3H3. The van der Waals surface area contributed by atoms with Crippen LogP contribution < -0.4 is 10.2 Å². The van der Waals surface area contributed by atoms with E-state index in [9.17, 15) is 53.6 Å². The van der Waals surface area contributed by atoms with Gasteiger partial charge in [0.2, 0.25) is 0 Å². The van der Waals surface area contributed by atoms with Crippen molar-refractivity contribution in [2.24, 2.45) is 0 Å². The molecule has 0 aliphatic heterocycles. The average molecular weight is 603 g/mol. The molecule has 0 saturated heterocycles. The Morgan fingerprint density at radius 1 is 0.810 bits per heavy atom. The van der Waals surface area contributed by atoms with Gasteiger partial charge in [-0.05, 0) is 53.0 Å². The highest BCUT2D eigenvalue weighted by molar-refractivity contribution is 5.78. The molecular weight excluding hydrogens is 569 g/mol. The number of halogens is 3. The lowest BCUT2D eigenvalue weighted by Gasteiger charge is -2.27. The number of anilines is 2. The molecule has 2 aromatic rings. The lowest BCUT2D eigenvalue weighted by Crippen LogP contribution is -2.31. The molecule has 2 aromatic carbocycles. The lowest BCUT2D eigenvalue weighted by atomic mass is 10.0. The van der Waals surface area contributed by atoms with Gasteiger partial charge < -0.3 is 10.2 Å². The van der Waals surface area contributed by atoms with Crippen molar-refractivity contribution in [2.45, 2.75) is 79.6 Å². The van der Waals surface area contributed by atoms with E-state index < -0.39 is 48.5 Å². The molecule has 0 aliphatic rings. The van der Waals surface area contributed by atoms with E-state index in [1.54, 1.807) is 34.6 Å². The zero-order chi connectivity index (χ0) is 32.7. The molecule has 14 nitrogen and oxygen atoms in total. The molecule has 42 heavy (non-hydrogen) atoms. The maximum atomic E-state index is 12.8. The molecule has 0 atom stereocenters. The Labute approximate surface area is 239 Å². The molecule has 0 fully saturated rings. The summed E-state index contributed by atoms with van der Waals surface area (Å²) in [5.41, 5.74) is -3.15. The summed E-state index contributed by atoms with van der Waals surface area (Å²) in [6.45, 7) is 12.1. The maximum absolute atomic E-state index is 12.8. The van der Waals surface area contributed by atoms with Gasteiger partial charge in [-0.1, -0.05) is 13.8 Å². The van der Waals surface area contributed by atoms with Gasteiger partial charge in [0.15, 0.2) is 11.4 Å². The molecule has 0 spiro atoms. The number of nitro groups is 4. The Morgan fingerprint density at radius 3 is 1.57 bits per heavy atom. The fourth-order valence-electron chi connectivity index (χ4n) is 4.21. The van der Waals surface area contributed by atoms with Crippen LogP contribution in [0.3, 0.4) is 0 Å². The maximum Gasteiger partial charge on any atom is 0.416 e. The number of alkyl halides is 3. The minimum Gasteiger partial charge on any atom is -0.371 e. The van der Waals surface area contributed by atoms with Gasteiger partial charge in [0.1, 0.15) is 0 Å². The first-order valence-electron chi connectivity index (χ1n) is 12.8. The summed E-state index contributed by atoms with van der Waals surface area (Å²) in [5, 5.41) is 47.6. The summed E-state index contributed by atoms with van der Waals surface area (Å²) in [5.74, 6) is 0. The van der Waals surface area contributed by atoms with Gasteiger partial charge >= 0.3 is 11.9 Å². The van der Waals surface area contributed by atoms with Crippen LogP contribution in [0.25, 0.3) is 0 Å². The fraction of sp³-hybridized carbons (Fsp3) is 0.520. The molecule has 0 radical (unpaired) electrons. The summed E-state index contributed by atoms with van der Waals surface area (Å²) in [4.78, 5) is 42.8. The quantitative estimate of drug-likeness (QED) is 0.199. The van der Waals surface area contributed by atoms with Crippen LogP contribution in [0.4, 0.5) is 47.3 Å². The van der Waals surface area contributed by atoms with E-state index in [-0.39, 0.29) is 35.7 Å². The van der Waals surface area contributed by atoms with E-state index >= 15 is 0 Å². The minimum atomic E-state index is -4.91. The van der Waals surface area contributed by atoms with E-state index in [0.29, 0.717) is 23.3 Å². The molecule has 0 bridgehead atoms. The minimum absolute atomic E-state index is 0.0109. The largest absolute Gasteiger partial charge is 0.416 e. The van der Waals surface area contributed by atoms with E-state index in [4.69, 9.17) is 0 Å². The molecule has 1 N–H and O–H groups in total. The first-order chi connectivity index (χ1) is 19.3. The monoisotopic (exact) mass is 602 g/mol. The third kappa shape index (κ3) is 8.23. The molecule has 0 aromatic heterocycles. The van der Waals surface area contributed by atoms with Crippen molar-refractivity contribution < 1.29 is 32.9 Å². The SMILES string of the molecule is CCC(CC)Nc1c([N+](=O)[O-])cc(C)c(C)c1[N+](=O)[O-].CCN(c1c([N+](=O)[O-])cc(C(F)(F)F)cc1[N+](=O)[O-])C(C)C. The molecule has 0 amide bonds. The Kier molecular flexibility index (Phi) is 12.1. The Hall–Kier alpha value is -4.57. The molecule has 0 aliphatic carbocycles. The van der Waals surface area contributed by atoms with Gasteiger partial charge in [-0.2, -0.15) is 13.2 Å². The lowest BCUT2D eigenvalue weighted by molar-refractivity contribution is -0.393. The van der Waals surface area contributed by atoms with Crippen LogP contribution in [0.15, 0.2) is 18.2 Å². The first-order valence-corrected chi connectivity index (χ1v) is 12.8. The van der Waals surface area contributed by atoms with Crippen molar-refractivity contribution in [1.82, 2.24) is 0 Å². The number of benzene rings is 2. The van der Waals surface area contributed by atoms with E-state index in [1.807, 2.05) is 13.8 Å². The fourth-order valence-corrected chi connectivity index (χ4v) is 4.21. The Morgan fingerprint density at radius 2 is 1.26 bits per heavy atom. The summed E-state index contributed by atoms with van der Waals surface area (Å²) in [6.07, 6.45) is -3.45. The molecule has 0 heterocycles. The molecule has 2 rings (SSSR count). The van der Waals surface area contributed by atoms with Crippen LogP contribution in [0, 0.1) is 54.3 Å². The average Bonchev–Trinajstić information content (AvgIpc) is 2.88. The third-order valence-electron chi connectivity index (χ3n) is 6.55. The Balaban J connectivity index is 0.000000422. The van der Waals surface area contributed by atoms with Gasteiger partial charge in [0.05, 0.1) is 25.3 Å². The number of hydrogen-bond donors (Lipinski definition) is 1. The molecule has 17 heteroatoms. The Bertz CT molecular complexity index is 1310. The second-order valence-corrected chi connectivity index (χ2v) is 9.49. The molecule has 0 saturated carbocycles. The van der Waals surface area contributed by atoms with Crippen LogP contribution in [0.1, 0.15) is 64.2 Å². The van der Waals surface area contributed by atoms with Crippen molar-refractivity contribution in [3.8, 4) is 0 Å². The van der Waals surface area contributed by atoms with E-state index in [0.717, 1.165) is 12.8 Å². The number of nitro benzene ring substituents is 4. The number of hydrogen-bond acceptors (Lipinski definition) is 10. The molecule has 0 unspecified atom stereocenters. The molecular formula is C25H33F3N6O8. The predicted octanol–water partition coefficient (Wildman–Crippen LogP) is 7.48. The first kappa shape index (κ1) is 35.5. The number of nitrogens with one attached hydrogen (secondary N) is 1. The topological polar surface area (TPSA) is 188 Å². The number of rotatable bonds is 11. The third-order valence-corrected chi connectivity index (χ3v) is 6.55. The smallest absolute Gasteiger partial charge is 0.371 e. The van der Waals surface area contributed by atoms with Gasteiger partial charge in [-0.15, -0.1) is 0 Å². The van der Waals surface area contributed by atoms with Crippen LogP contribution >= 0.6 is 0 Å². The van der Waals surface area contributed by atoms with Crippen molar-refractivity contribution in [3.63, 3.8) is 0 Å². The van der Waals surface area contributed by atoms with Gasteiger partial charge in [-0.3, -0.25) is 40.5 Å². The van der Waals surface area contributed by atoms with Crippen LogP contribution in [0.5, 0.6) is 0 Å². The summed E-state index contributed by atoms with van der Waals surface area (Å²) < 4.78 is 38.4. The van der Waals surface area contributed by atoms with Gasteiger partial charge in [-0.25, -0.2) is 0 Å². The van der Waals surface area contributed by atoms with E-state index in [1.165, 1.54) is 11.0 Å². The van der Waals surface area contributed by atoms with E-state index in [2.05, 4.69) is 5.32 Å². The van der Waals surface area contributed by atoms with Crippen molar-refractivity contribution in [3.05, 3.63) is 75.3 Å². The highest BCUT2D eigenvalue weighted by Gasteiger charge is 2.39. The van der Waals surface area contributed by atoms with Crippen LogP contribution in [0.2, 0.25) is 0 Å². The zero-order valence-electron chi connectivity index (χ0n) is 24.1. The zero-order valence-corrected chi connectivity index (χ0v) is 24.1. The number of nitrogens with zero attached hydrogens (tertiary/aromatic N) is 5. The molecule has 232 valence electrons. The van der Waals surface area contributed by atoms with Gasteiger partial charge in [0, 0.05) is 42.4 Å². The highest BCUT2D eigenvalue weighted by atomic mass is 19.4. The second kappa shape index (κ2) is 14.4. The normalized spacial score (nSPS) is 11.1.